The lowest BCUT2D eigenvalue weighted by molar-refractivity contribution is 0.0961. The molecule has 1 fully saturated rings. The Morgan fingerprint density at radius 3 is 3.25 bits per heavy atom. The van der Waals surface area contributed by atoms with E-state index in [4.69, 9.17) is 0 Å². The van der Waals surface area contributed by atoms with Crippen LogP contribution < -0.4 is 5.32 Å². The van der Waals surface area contributed by atoms with Gasteiger partial charge in [-0.25, -0.2) is 0 Å². The zero-order valence-electron chi connectivity index (χ0n) is 9.78. The van der Waals surface area contributed by atoms with E-state index in [0.717, 1.165) is 31.6 Å². The van der Waals surface area contributed by atoms with Crippen LogP contribution >= 0.6 is 0 Å². The minimum Gasteiger partial charge on any atom is -0.314 e. The van der Waals surface area contributed by atoms with Gasteiger partial charge in [-0.05, 0) is 31.9 Å². The van der Waals surface area contributed by atoms with E-state index < -0.39 is 0 Å². The zero-order valence-corrected chi connectivity index (χ0v) is 9.78. The van der Waals surface area contributed by atoms with Crippen LogP contribution in [0.4, 0.5) is 0 Å². The Kier molecular flexibility index (Phi) is 3.72. The number of ketones is 1. The lowest BCUT2D eigenvalue weighted by atomic mass is 10.1. The molecule has 88 valence electrons. The van der Waals surface area contributed by atoms with Gasteiger partial charge >= 0.3 is 0 Å². The first-order valence-electron chi connectivity index (χ1n) is 6.09. The van der Waals surface area contributed by atoms with Crippen LogP contribution in [0.15, 0.2) is 12.3 Å². The Balaban J connectivity index is 1.99. The maximum absolute atomic E-state index is 12.1. The van der Waals surface area contributed by atoms with Crippen molar-refractivity contribution in [2.75, 3.05) is 6.54 Å². The van der Waals surface area contributed by atoms with Crippen molar-refractivity contribution in [3.8, 4) is 0 Å². The molecule has 0 saturated carbocycles. The van der Waals surface area contributed by atoms with E-state index >= 15 is 0 Å². The van der Waals surface area contributed by atoms with Gasteiger partial charge in [-0.3, -0.25) is 9.48 Å². The van der Waals surface area contributed by atoms with Gasteiger partial charge in [0.25, 0.3) is 0 Å². The molecule has 4 heteroatoms. The molecule has 1 aliphatic heterocycles. The first kappa shape index (κ1) is 11.3. The molecule has 1 atom stereocenters. The molecule has 2 heterocycles. The predicted molar refractivity (Wildman–Crippen MR) is 62.5 cm³/mol. The van der Waals surface area contributed by atoms with E-state index in [2.05, 4.69) is 17.3 Å². The second kappa shape index (κ2) is 5.25. The van der Waals surface area contributed by atoms with Crippen molar-refractivity contribution < 1.29 is 4.79 Å². The average molecular weight is 221 g/mol. The van der Waals surface area contributed by atoms with Gasteiger partial charge in [0.1, 0.15) is 5.69 Å². The maximum Gasteiger partial charge on any atom is 0.182 e. The van der Waals surface area contributed by atoms with Gasteiger partial charge < -0.3 is 5.32 Å². The summed E-state index contributed by atoms with van der Waals surface area (Å²) in [7, 11) is 0. The smallest absolute Gasteiger partial charge is 0.182 e. The molecule has 1 saturated heterocycles. The number of aryl methyl sites for hydroxylation is 1. The number of rotatable bonds is 5. The quantitative estimate of drug-likeness (QED) is 0.768. The molecule has 1 aliphatic rings. The number of hydrogen-bond donors (Lipinski definition) is 1. The molecule has 0 amide bonds. The van der Waals surface area contributed by atoms with Gasteiger partial charge in [0.05, 0.1) is 0 Å². The minimum atomic E-state index is 0.213. The highest BCUT2D eigenvalue weighted by atomic mass is 16.1. The fourth-order valence-corrected chi connectivity index (χ4v) is 2.22. The van der Waals surface area contributed by atoms with Crippen LogP contribution in [0.3, 0.4) is 0 Å². The Hall–Kier alpha value is -1.16. The van der Waals surface area contributed by atoms with E-state index in [1.165, 1.54) is 6.42 Å². The highest BCUT2D eigenvalue weighted by molar-refractivity contribution is 5.94. The maximum atomic E-state index is 12.1. The molecule has 0 radical (unpaired) electrons. The monoisotopic (exact) mass is 221 g/mol. The number of aromatic nitrogens is 2. The topological polar surface area (TPSA) is 46.9 Å². The molecule has 0 aromatic carbocycles. The number of nitrogens with zero attached hydrogens (tertiary/aromatic N) is 2. The third kappa shape index (κ3) is 2.50. The fourth-order valence-electron chi connectivity index (χ4n) is 2.22. The first-order valence-corrected chi connectivity index (χ1v) is 6.09. The van der Waals surface area contributed by atoms with E-state index in [-0.39, 0.29) is 5.78 Å². The van der Waals surface area contributed by atoms with Crippen LogP contribution in [0.25, 0.3) is 0 Å². The van der Waals surface area contributed by atoms with Crippen molar-refractivity contribution in [2.24, 2.45) is 0 Å². The van der Waals surface area contributed by atoms with E-state index in [1.807, 2.05) is 10.7 Å². The van der Waals surface area contributed by atoms with Crippen LogP contribution in [0.5, 0.6) is 0 Å². The Labute approximate surface area is 96.0 Å². The molecule has 1 N–H and O–H groups in total. The molecule has 0 bridgehead atoms. The zero-order chi connectivity index (χ0) is 11.4. The summed E-state index contributed by atoms with van der Waals surface area (Å²) < 4.78 is 1.82. The van der Waals surface area contributed by atoms with Crippen LogP contribution in [-0.4, -0.2) is 28.2 Å². The summed E-state index contributed by atoms with van der Waals surface area (Å²) in [4.78, 5) is 12.1. The van der Waals surface area contributed by atoms with Crippen LogP contribution in [0.1, 0.15) is 43.1 Å². The summed E-state index contributed by atoms with van der Waals surface area (Å²) in [6.45, 7) is 3.97. The van der Waals surface area contributed by atoms with Gasteiger partial charge in [-0.2, -0.15) is 5.10 Å². The highest BCUT2D eigenvalue weighted by Crippen LogP contribution is 2.13. The van der Waals surface area contributed by atoms with E-state index in [1.54, 1.807) is 6.20 Å². The number of carbonyl (C=O) groups excluding carboxylic acids is 1. The largest absolute Gasteiger partial charge is 0.314 e. The molecule has 0 spiro atoms. The Morgan fingerprint density at radius 1 is 1.69 bits per heavy atom. The van der Waals surface area contributed by atoms with Crippen molar-refractivity contribution >= 4 is 5.78 Å². The lowest BCUT2D eigenvalue weighted by Crippen LogP contribution is -2.25. The molecular weight excluding hydrogens is 202 g/mol. The third-order valence-electron chi connectivity index (χ3n) is 3.03. The number of nitrogens with one attached hydrogen (secondary N) is 1. The second-order valence-electron chi connectivity index (χ2n) is 4.36. The number of Topliss-reactive ketones (excluding diaryl/α,β-unsaturated/α-hetero) is 1. The highest BCUT2D eigenvalue weighted by Gasteiger charge is 2.20. The first-order chi connectivity index (χ1) is 7.81. The summed E-state index contributed by atoms with van der Waals surface area (Å²) in [5.41, 5.74) is 0.760. The fraction of sp³-hybridized carbons (Fsp3) is 0.667. The average Bonchev–Trinajstić information content (AvgIpc) is 2.89. The molecule has 1 aromatic rings. The standard InChI is InChI=1S/C12H19N3O/c1-2-8-15-11(5-7-14-15)12(16)9-10-4-3-6-13-10/h5,7,10,13H,2-4,6,8-9H2,1H3. The van der Waals surface area contributed by atoms with Crippen molar-refractivity contribution in [3.63, 3.8) is 0 Å². The van der Waals surface area contributed by atoms with Crippen molar-refractivity contribution in [3.05, 3.63) is 18.0 Å². The van der Waals surface area contributed by atoms with Crippen LogP contribution in [0, 0.1) is 0 Å². The van der Waals surface area contributed by atoms with Crippen molar-refractivity contribution in [1.82, 2.24) is 15.1 Å². The third-order valence-corrected chi connectivity index (χ3v) is 3.03. The SMILES string of the molecule is CCCn1nccc1C(=O)CC1CCCN1. The van der Waals surface area contributed by atoms with Crippen LogP contribution in [0.2, 0.25) is 0 Å². The van der Waals surface area contributed by atoms with Crippen molar-refractivity contribution in [2.45, 2.75) is 45.2 Å². The van der Waals surface area contributed by atoms with Crippen LogP contribution in [-0.2, 0) is 6.54 Å². The van der Waals surface area contributed by atoms with Gasteiger partial charge in [0.2, 0.25) is 0 Å². The minimum absolute atomic E-state index is 0.213. The molecule has 16 heavy (non-hydrogen) atoms. The molecule has 1 aromatic heterocycles. The van der Waals surface area contributed by atoms with Crippen molar-refractivity contribution in [1.29, 1.82) is 0 Å². The molecular formula is C12H19N3O. The number of hydrogen-bond acceptors (Lipinski definition) is 3. The summed E-state index contributed by atoms with van der Waals surface area (Å²) >= 11 is 0. The molecule has 0 aliphatic carbocycles. The summed E-state index contributed by atoms with van der Waals surface area (Å²) in [6, 6.07) is 2.20. The molecule has 4 nitrogen and oxygen atoms in total. The molecule has 1 unspecified atom stereocenters. The summed E-state index contributed by atoms with van der Waals surface area (Å²) in [5.74, 6) is 0.213. The van der Waals surface area contributed by atoms with Gasteiger partial charge in [-0.1, -0.05) is 6.92 Å². The number of carbonyl (C=O) groups is 1. The van der Waals surface area contributed by atoms with E-state index in [9.17, 15) is 4.79 Å². The predicted octanol–water partition coefficient (Wildman–Crippen LogP) is 1.62. The Morgan fingerprint density at radius 2 is 2.56 bits per heavy atom. The van der Waals surface area contributed by atoms with Gasteiger partial charge in [-0.15, -0.1) is 0 Å². The van der Waals surface area contributed by atoms with E-state index in [0.29, 0.717) is 12.5 Å². The Bertz CT molecular complexity index is 353. The summed E-state index contributed by atoms with van der Waals surface area (Å²) in [5, 5.41) is 7.53. The molecule has 2 rings (SSSR count). The normalized spacial score (nSPS) is 20.2. The van der Waals surface area contributed by atoms with Gasteiger partial charge in [0, 0.05) is 25.2 Å². The summed E-state index contributed by atoms with van der Waals surface area (Å²) in [6.07, 6.45) is 5.63. The van der Waals surface area contributed by atoms with Gasteiger partial charge in [0.15, 0.2) is 5.78 Å². The second-order valence-corrected chi connectivity index (χ2v) is 4.36. The lowest BCUT2D eigenvalue weighted by Gasteiger charge is -2.10.